The molecular weight excluding hydrogens is 308 g/mol. The molecule has 122 valence electrons. The molecule has 0 saturated carbocycles. The summed E-state index contributed by atoms with van der Waals surface area (Å²) in [6.45, 7) is 2.03. The zero-order chi connectivity index (χ0) is 16.9. The van der Waals surface area contributed by atoms with E-state index in [-0.39, 0.29) is 5.69 Å². The van der Waals surface area contributed by atoms with Crippen molar-refractivity contribution in [3.63, 3.8) is 0 Å². The van der Waals surface area contributed by atoms with E-state index in [1.807, 2.05) is 30.3 Å². The van der Waals surface area contributed by atoms with Crippen molar-refractivity contribution >= 4 is 29.0 Å². The molecule has 6 nitrogen and oxygen atoms in total. The summed E-state index contributed by atoms with van der Waals surface area (Å²) in [5.41, 5.74) is 1.97. The summed E-state index contributed by atoms with van der Waals surface area (Å²) >= 11 is 0. The Morgan fingerprint density at radius 3 is 2.92 bits per heavy atom. The highest BCUT2D eigenvalue weighted by atomic mass is 16.5. The van der Waals surface area contributed by atoms with Gasteiger partial charge in [-0.05, 0) is 42.8 Å². The van der Waals surface area contributed by atoms with Crippen molar-refractivity contribution in [1.29, 1.82) is 0 Å². The number of benzene rings is 1. The van der Waals surface area contributed by atoms with Crippen molar-refractivity contribution in [3.8, 4) is 5.75 Å². The molecule has 0 aliphatic carbocycles. The molecule has 0 saturated heterocycles. The normalized spacial score (nSPS) is 11.1. The van der Waals surface area contributed by atoms with Crippen molar-refractivity contribution in [2.45, 2.75) is 6.92 Å². The van der Waals surface area contributed by atoms with E-state index in [1.54, 1.807) is 32.4 Å². The first-order chi connectivity index (χ1) is 11.7. The number of nitrogens with zero attached hydrogens (tertiary/aromatic N) is 2. The number of aromatic nitrogens is 2. The molecule has 0 amide bonds. The van der Waals surface area contributed by atoms with Crippen LogP contribution in [0.25, 0.3) is 23.1 Å². The van der Waals surface area contributed by atoms with Crippen LogP contribution in [0, 0.1) is 0 Å². The highest BCUT2D eigenvalue weighted by Gasteiger charge is 2.12. The molecule has 24 heavy (non-hydrogen) atoms. The molecule has 0 atom stereocenters. The van der Waals surface area contributed by atoms with Gasteiger partial charge in [-0.25, -0.2) is 4.79 Å². The number of ether oxygens (including phenoxy) is 2. The maximum absolute atomic E-state index is 11.6. The largest absolute Gasteiger partial charge is 0.497 e. The summed E-state index contributed by atoms with van der Waals surface area (Å²) in [6, 6.07) is 9.12. The molecule has 3 rings (SSSR count). The van der Waals surface area contributed by atoms with Crippen LogP contribution < -0.4 is 4.74 Å². The Kier molecular flexibility index (Phi) is 4.56. The quantitative estimate of drug-likeness (QED) is 0.668. The molecule has 0 bridgehead atoms. The number of fused-ring (bicyclic) bond motifs is 1. The lowest BCUT2D eigenvalue weighted by atomic mass is 10.1. The average Bonchev–Trinajstić information content (AvgIpc) is 3.08. The third kappa shape index (κ3) is 3.27. The van der Waals surface area contributed by atoms with Crippen LogP contribution in [0.4, 0.5) is 0 Å². The van der Waals surface area contributed by atoms with Crippen molar-refractivity contribution in [2.24, 2.45) is 0 Å². The minimum absolute atomic E-state index is 0.151. The van der Waals surface area contributed by atoms with Gasteiger partial charge in [-0.2, -0.15) is 0 Å². The second-order valence-corrected chi connectivity index (χ2v) is 4.95. The topological polar surface area (TPSA) is 74.5 Å². The second-order valence-electron chi connectivity index (χ2n) is 4.95. The monoisotopic (exact) mass is 324 g/mol. The molecule has 3 aromatic rings. The van der Waals surface area contributed by atoms with Crippen LogP contribution in [0.2, 0.25) is 0 Å². The van der Waals surface area contributed by atoms with Gasteiger partial charge >= 0.3 is 5.97 Å². The summed E-state index contributed by atoms with van der Waals surface area (Å²) in [5.74, 6) is 0.723. The molecular formula is C18H16N2O4. The predicted octanol–water partition coefficient (Wildman–Crippen LogP) is 3.58. The third-order valence-corrected chi connectivity index (χ3v) is 3.42. The molecule has 6 heteroatoms. The van der Waals surface area contributed by atoms with Crippen LogP contribution in [0.3, 0.4) is 0 Å². The molecule has 0 aliphatic heterocycles. The van der Waals surface area contributed by atoms with Crippen molar-refractivity contribution in [1.82, 2.24) is 10.1 Å². The number of pyridine rings is 1. The lowest BCUT2D eigenvalue weighted by molar-refractivity contribution is 0.0514. The predicted molar refractivity (Wildman–Crippen MR) is 89.7 cm³/mol. The lowest BCUT2D eigenvalue weighted by Gasteiger charge is -2.04. The Hall–Kier alpha value is -3.15. The molecule has 2 aromatic heterocycles. The molecule has 1 aromatic carbocycles. The minimum atomic E-state index is -0.500. The van der Waals surface area contributed by atoms with Crippen molar-refractivity contribution in [2.75, 3.05) is 13.7 Å². The van der Waals surface area contributed by atoms with E-state index in [0.717, 1.165) is 22.2 Å². The lowest BCUT2D eigenvalue weighted by Crippen LogP contribution is -2.04. The highest BCUT2D eigenvalue weighted by Crippen LogP contribution is 2.24. The number of methoxy groups -OCH3 is 1. The smallest absolute Gasteiger partial charge is 0.360 e. The van der Waals surface area contributed by atoms with Gasteiger partial charge in [0.05, 0.1) is 19.2 Å². The van der Waals surface area contributed by atoms with E-state index in [9.17, 15) is 4.79 Å². The zero-order valence-electron chi connectivity index (χ0n) is 13.4. The van der Waals surface area contributed by atoms with Gasteiger partial charge in [0.15, 0.2) is 11.5 Å². The summed E-state index contributed by atoms with van der Waals surface area (Å²) < 4.78 is 15.3. The van der Waals surface area contributed by atoms with Gasteiger partial charge in [0.2, 0.25) is 0 Å². The van der Waals surface area contributed by atoms with E-state index < -0.39 is 5.97 Å². The van der Waals surface area contributed by atoms with Gasteiger partial charge in [-0.1, -0.05) is 11.2 Å². The first-order valence-corrected chi connectivity index (χ1v) is 7.46. The number of hydrogen-bond donors (Lipinski definition) is 0. The van der Waals surface area contributed by atoms with E-state index in [0.29, 0.717) is 12.4 Å². The van der Waals surface area contributed by atoms with Crippen LogP contribution >= 0.6 is 0 Å². The zero-order valence-corrected chi connectivity index (χ0v) is 13.4. The Bertz CT molecular complexity index is 899. The fourth-order valence-electron chi connectivity index (χ4n) is 2.26. The van der Waals surface area contributed by atoms with E-state index >= 15 is 0 Å². The Labute approximate surface area is 138 Å². The Morgan fingerprint density at radius 2 is 2.12 bits per heavy atom. The first-order valence-electron chi connectivity index (χ1n) is 7.46. The highest BCUT2D eigenvalue weighted by molar-refractivity contribution is 5.91. The number of rotatable bonds is 5. The van der Waals surface area contributed by atoms with Crippen LogP contribution in [-0.4, -0.2) is 29.8 Å². The standard InChI is InChI=1S/C18H16N2O4/c1-3-23-18(21)17-11-14(24-20-17)5-4-12-8-9-19-16-7-6-13(22-2)10-15(12)16/h4-11H,3H2,1-2H3/b5-4+. The molecule has 0 N–H and O–H groups in total. The third-order valence-electron chi connectivity index (χ3n) is 3.42. The fraction of sp³-hybridized carbons (Fsp3) is 0.167. The first kappa shape index (κ1) is 15.7. The van der Waals surface area contributed by atoms with Crippen molar-refractivity contribution in [3.05, 3.63) is 53.5 Å². The van der Waals surface area contributed by atoms with Crippen LogP contribution in [-0.2, 0) is 4.74 Å². The van der Waals surface area contributed by atoms with Gasteiger partial charge in [0.1, 0.15) is 5.75 Å². The molecule has 0 fully saturated rings. The second kappa shape index (κ2) is 6.95. The van der Waals surface area contributed by atoms with E-state index in [1.165, 1.54) is 0 Å². The van der Waals surface area contributed by atoms with Crippen LogP contribution in [0.1, 0.15) is 28.7 Å². The van der Waals surface area contributed by atoms with Gasteiger partial charge in [-0.3, -0.25) is 4.98 Å². The van der Waals surface area contributed by atoms with Crippen LogP contribution in [0.5, 0.6) is 5.75 Å². The molecule has 2 heterocycles. The molecule has 0 radical (unpaired) electrons. The maximum Gasteiger partial charge on any atom is 0.360 e. The summed E-state index contributed by atoms with van der Waals surface area (Å²) in [5, 5.41) is 4.66. The Morgan fingerprint density at radius 1 is 1.25 bits per heavy atom. The van der Waals surface area contributed by atoms with Gasteiger partial charge in [0.25, 0.3) is 0 Å². The van der Waals surface area contributed by atoms with Crippen molar-refractivity contribution < 1.29 is 18.8 Å². The summed E-state index contributed by atoms with van der Waals surface area (Å²) in [7, 11) is 1.62. The average molecular weight is 324 g/mol. The number of hydrogen-bond acceptors (Lipinski definition) is 6. The number of esters is 1. The molecule has 0 aliphatic rings. The van der Waals surface area contributed by atoms with Gasteiger partial charge in [-0.15, -0.1) is 0 Å². The minimum Gasteiger partial charge on any atom is -0.497 e. The fourth-order valence-corrected chi connectivity index (χ4v) is 2.26. The number of carbonyl (C=O) groups excluding carboxylic acids is 1. The summed E-state index contributed by atoms with van der Waals surface area (Å²) in [6.07, 6.45) is 5.35. The molecule has 0 unspecified atom stereocenters. The number of carbonyl (C=O) groups is 1. The Balaban J connectivity index is 1.89. The van der Waals surface area contributed by atoms with E-state index in [4.69, 9.17) is 14.0 Å². The molecule has 0 spiro atoms. The summed E-state index contributed by atoms with van der Waals surface area (Å²) in [4.78, 5) is 15.9. The maximum atomic E-state index is 11.6. The SMILES string of the molecule is CCOC(=O)c1cc(/C=C/c2ccnc3ccc(OC)cc23)on1. The van der Waals surface area contributed by atoms with Gasteiger partial charge in [0, 0.05) is 17.6 Å². The van der Waals surface area contributed by atoms with Gasteiger partial charge < -0.3 is 14.0 Å². The van der Waals surface area contributed by atoms with E-state index in [2.05, 4.69) is 10.1 Å². The van der Waals surface area contributed by atoms with Crippen LogP contribution in [0.15, 0.2) is 41.1 Å².